The first kappa shape index (κ1) is 13.4. The molecule has 0 bridgehead atoms. The monoisotopic (exact) mass is 266 g/mol. The highest BCUT2D eigenvalue weighted by Crippen LogP contribution is 2.19. The molecule has 0 saturated carbocycles. The van der Waals surface area contributed by atoms with Crippen molar-refractivity contribution in [3.8, 4) is 0 Å². The van der Waals surface area contributed by atoms with E-state index >= 15 is 0 Å². The number of anilines is 1. The number of nitrogens with one attached hydrogen (secondary N) is 1. The van der Waals surface area contributed by atoms with Crippen LogP contribution in [0.1, 0.15) is 24.8 Å². The lowest BCUT2D eigenvalue weighted by Gasteiger charge is -2.25. The van der Waals surface area contributed by atoms with Crippen LogP contribution in [0.5, 0.6) is 0 Å². The molecule has 1 aromatic carbocycles. The molecule has 1 amide bonds. The van der Waals surface area contributed by atoms with E-state index in [0.717, 1.165) is 24.3 Å². The van der Waals surface area contributed by atoms with Crippen molar-refractivity contribution in [2.45, 2.75) is 26.2 Å². The standard InChI is InChI=1S/C14H19ClN2O/c1-11-9-12(15)5-6-13(11)16-14(18)10-17-7-3-2-4-8-17/h5-6,9H,2-4,7-8,10H2,1H3,(H,16,18). The van der Waals surface area contributed by atoms with E-state index in [1.54, 1.807) is 6.07 Å². The number of rotatable bonds is 3. The van der Waals surface area contributed by atoms with E-state index in [4.69, 9.17) is 11.6 Å². The van der Waals surface area contributed by atoms with Gasteiger partial charge in [-0.1, -0.05) is 18.0 Å². The smallest absolute Gasteiger partial charge is 0.238 e. The average molecular weight is 267 g/mol. The Balaban J connectivity index is 1.90. The molecular formula is C14H19ClN2O. The Morgan fingerprint density at radius 1 is 1.33 bits per heavy atom. The van der Waals surface area contributed by atoms with Crippen molar-refractivity contribution in [1.29, 1.82) is 0 Å². The topological polar surface area (TPSA) is 32.3 Å². The lowest BCUT2D eigenvalue weighted by molar-refractivity contribution is -0.117. The summed E-state index contributed by atoms with van der Waals surface area (Å²) < 4.78 is 0. The van der Waals surface area contributed by atoms with E-state index in [9.17, 15) is 4.79 Å². The second-order valence-corrected chi connectivity index (χ2v) is 5.28. The predicted octanol–water partition coefficient (Wildman–Crippen LogP) is 3.07. The fourth-order valence-electron chi connectivity index (χ4n) is 2.28. The summed E-state index contributed by atoms with van der Waals surface area (Å²) >= 11 is 5.89. The molecule has 1 saturated heterocycles. The summed E-state index contributed by atoms with van der Waals surface area (Å²) in [6.07, 6.45) is 3.69. The summed E-state index contributed by atoms with van der Waals surface area (Å²) in [5.41, 5.74) is 1.84. The average Bonchev–Trinajstić information content (AvgIpc) is 2.34. The van der Waals surface area contributed by atoms with E-state index in [1.165, 1.54) is 19.3 Å². The van der Waals surface area contributed by atoms with Gasteiger partial charge in [-0.25, -0.2) is 0 Å². The minimum Gasteiger partial charge on any atom is -0.325 e. The van der Waals surface area contributed by atoms with Crippen molar-refractivity contribution in [3.63, 3.8) is 0 Å². The number of hydrogen-bond donors (Lipinski definition) is 1. The SMILES string of the molecule is Cc1cc(Cl)ccc1NC(=O)CN1CCCCC1. The summed E-state index contributed by atoms with van der Waals surface area (Å²) in [4.78, 5) is 14.1. The highest BCUT2D eigenvalue weighted by atomic mass is 35.5. The van der Waals surface area contributed by atoms with E-state index in [2.05, 4.69) is 10.2 Å². The Kier molecular flexibility index (Phi) is 4.61. The van der Waals surface area contributed by atoms with Crippen LogP contribution in [0.15, 0.2) is 18.2 Å². The number of carbonyl (C=O) groups excluding carboxylic acids is 1. The maximum absolute atomic E-state index is 11.9. The van der Waals surface area contributed by atoms with E-state index in [0.29, 0.717) is 11.6 Å². The van der Waals surface area contributed by atoms with Crippen molar-refractivity contribution >= 4 is 23.2 Å². The summed E-state index contributed by atoms with van der Waals surface area (Å²) in [5, 5.41) is 3.64. The van der Waals surface area contributed by atoms with Gasteiger partial charge in [-0.05, 0) is 56.6 Å². The predicted molar refractivity (Wildman–Crippen MR) is 75.1 cm³/mol. The zero-order chi connectivity index (χ0) is 13.0. The van der Waals surface area contributed by atoms with Gasteiger partial charge in [0.1, 0.15) is 0 Å². The second-order valence-electron chi connectivity index (χ2n) is 4.84. The zero-order valence-electron chi connectivity index (χ0n) is 10.7. The Labute approximate surface area is 113 Å². The first-order valence-electron chi connectivity index (χ1n) is 6.43. The highest BCUT2D eigenvalue weighted by molar-refractivity contribution is 6.30. The van der Waals surface area contributed by atoms with Crippen LogP contribution in [-0.2, 0) is 4.79 Å². The normalized spacial score (nSPS) is 16.6. The minimum absolute atomic E-state index is 0.0577. The van der Waals surface area contributed by atoms with E-state index in [1.807, 2.05) is 19.1 Å². The van der Waals surface area contributed by atoms with Crippen LogP contribution in [0.25, 0.3) is 0 Å². The second kappa shape index (κ2) is 6.21. The minimum atomic E-state index is 0.0577. The van der Waals surface area contributed by atoms with Gasteiger partial charge < -0.3 is 5.32 Å². The molecule has 3 nitrogen and oxygen atoms in total. The summed E-state index contributed by atoms with van der Waals surface area (Å²) in [7, 11) is 0. The van der Waals surface area contributed by atoms with Gasteiger partial charge in [-0.3, -0.25) is 9.69 Å². The van der Waals surface area contributed by atoms with Gasteiger partial charge in [-0.15, -0.1) is 0 Å². The molecule has 1 aliphatic rings. The molecule has 0 radical (unpaired) electrons. The van der Waals surface area contributed by atoms with Crippen LogP contribution in [0, 0.1) is 6.92 Å². The Hall–Kier alpha value is -1.06. The highest BCUT2D eigenvalue weighted by Gasteiger charge is 2.14. The molecule has 98 valence electrons. The molecule has 0 unspecified atom stereocenters. The first-order chi connectivity index (χ1) is 8.65. The Morgan fingerprint density at radius 2 is 2.06 bits per heavy atom. The van der Waals surface area contributed by atoms with Crippen LogP contribution >= 0.6 is 11.6 Å². The third-order valence-corrected chi connectivity index (χ3v) is 3.51. The fraction of sp³-hybridized carbons (Fsp3) is 0.500. The van der Waals surface area contributed by atoms with Crippen molar-refractivity contribution in [2.24, 2.45) is 0 Å². The molecule has 2 rings (SSSR count). The van der Waals surface area contributed by atoms with Gasteiger partial charge in [0.25, 0.3) is 0 Å². The van der Waals surface area contributed by atoms with Crippen LogP contribution in [0.2, 0.25) is 5.02 Å². The van der Waals surface area contributed by atoms with Gasteiger partial charge >= 0.3 is 0 Å². The lowest BCUT2D eigenvalue weighted by atomic mass is 10.1. The third-order valence-electron chi connectivity index (χ3n) is 3.28. The number of benzene rings is 1. The molecule has 0 aromatic heterocycles. The number of nitrogens with zero attached hydrogens (tertiary/aromatic N) is 1. The molecule has 0 atom stereocenters. The number of carbonyl (C=O) groups is 1. The fourth-order valence-corrected chi connectivity index (χ4v) is 2.50. The van der Waals surface area contributed by atoms with Gasteiger partial charge in [-0.2, -0.15) is 0 Å². The number of amides is 1. The van der Waals surface area contributed by atoms with Crippen LogP contribution in [-0.4, -0.2) is 30.4 Å². The van der Waals surface area contributed by atoms with Crippen molar-refractivity contribution in [1.82, 2.24) is 4.90 Å². The zero-order valence-corrected chi connectivity index (χ0v) is 11.5. The maximum Gasteiger partial charge on any atom is 0.238 e. The van der Waals surface area contributed by atoms with Crippen LogP contribution < -0.4 is 5.32 Å². The number of aryl methyl sites for hydroxylation is 1. The molecule has 0 spiro atoms. The first-order valence-corrected chi connectivity index (χ1v) is 6.81. The largest absolute Gasteiger partial charge is 0.325 e. The van der Waals surface area contributed by atoms with Crippen molar-refractivity contribution in [2.75, 3.05) is 25.0 Å². The number of likely N-dealkylation sites (tertiary alicyclic amines) is 1. The maximum atomic E-state index is 11.9. The van der Waals surface area contributed by atoms with Gasteiger partial charge in [0.2, 0.25) is 5.91 Å². The quantitative estimate of drug-likeness (QED) is 0.912. The molecule has 18 heavy (non-hydrogen) atoms. The third kappa shape index (κ3) is 3.72. The van der Waals surface area contributed by atoms with E-state index in [-0.39, 0.29) is 5.91 Å². The van der Waals surface area contributed by atoms with Gasteiger partial charge in [0.05, 0.1) is 6.54 Å². The molecule has 1 aromatic rings. The summed E-state index contributed by atoms with van der Waals surface area (Å²) in [5.74, 6) is 0.0577. The van der Waals surface area contributed by atoms with Crippen molar-refractivity contribution < 1.29 is 4.79 Å². The van der Waals surface area contributed by atoms with Crippen LogP contribution in [0.3, 0.4) is 0 Å². The molecule has 1 fully saturated rings. The summed E-state index contributed by atoms with van der Waals surface area (Å²) in [6, 6.07) is 5.51. The summed E-state index contributed by atoms with van der Waals surface area (Å²) in [6.45, 7) is 4.50. The van der Waals surface area contributed by atoms with Gasteiger partial charge in [0, 0.05) is 10.7 Å². The Morgan fingerprint density at radius 3 is 2.72 bits per heavy atom. The van der Waals surface area contributed by atoms with Crippen LogP contribution in [0.4, 0.5) is 5.69 Å². The number of hydrogen-bond acceptors (Lipinski definition) is 2. The molecule has 4 heteroatoms. The number of piperidine rings is 1. The Bertz CT molecular complexity index is 428. The lowest BCUT2D eigenvalue weighted by Crippen LogP contribution is -2.36. The molecule has 1 N–H and O–H groups in total. The molecular weight excluding hydrogens is 248 g/mol. The molecule has 1 aliphatic heterocycles. The molecule has 1 heterocycles. The number of halogens is 1. The van der Waals surface area contributed by atoms with Gasteiger partial charge in [0.15, 0.2) is 0 Å². The molecule has 0 aliphatic carbocycles. The van der Waals surface area contributed by atoms with Crippen molar-refractivity contribution in [3.05, 3.63) is 28.8 Å². The van der Waals surface area contributed by atoms with E-state index < -0.39 is 0 Å².